The minimum absolute atomic E-state index is 0.0401. The predicted molar refractivity (Wildman–Crippen MR) is 83.1 cm³/mol. The van der Waals surface area contributed by atoms with Crippen molar-refractivity contribution < 1.29 is 17.9 Å². The van der Waals surface area contributed by atoms with Crippen LogP contribution in [0.4, 0.5) is 0 Å². The van der Waals surface area contributed by atoms with Crippen LogP contribution in [0.3, 0.4) is 0 Å². The number of primary sulfonamides is 1. The fraction of sp³-hybridized carbons (Fsp3) is 0.133. The number of hydrogen-bond donors (Lipinski definition) is 1. The molecule has 0 atom stereocenters. The summed E-state index contributed by atoms with van der Waals surface area (Å²) < 4.78 is 27.9. The largest absolute Gasteiger partial charge is 0.457 e. The molecular formula is C15H14ClNO4S. The Kier molecular flexibility index (Phi) is 4.85. The van der Waals surface area contributed by atoms with E-state index in [0.29, 0.717) is 10.6 Å². The topological polar surface area (TPSA) is 86.5 Å². The normalized spacial score (nSPS) is 11.2. The molecule has 0 aliphatic rings. The molecule has 2 aromatic rings. The molecule has 2 rings (SSSR count). The number of sulfonamides is 1. The standard InChI is InChI=1S/C15H14ClNO4S/c1-10-5-6-13(22(17,19)20)8-14(10)15(18)21-9-11-3-2-4-12(16)7-11/h2-8H,9H2,1H3,(H2,17,19,20). The van der Waals surface area contributed by atoms with E-state index in [0.717, 1.165) is 5.56 Å². The Bertz CT molecular complexity index is 818. The van der Waals surface area contributed by atoms with Gasteiger partial charge >= 0.3 is 5.97 Å². The van der Waals surface area contributed by atoms with Gasteiger partial charge in [0.05, 0.1) is 10.5 Å². The van der Waals surface area contributed by atoms with Crippen molar-refractivity contribution in [3.05, 3.63) is 64.2 Å². The smallest absolute Gasteiger partial charge is 0.338 e. The van der Waals surface area contributed by atoms with E-state index in [2.05, 4.69) is 0 Å². The number of nitrogens with two attached hydrogens (primary N) is 1. The minimum atomic E-state index is -3.87. The molecule has 0 radical (unpaired) electrons. The van der Waals surface area contributed by atoms with Gasteiger partial charge in [-0.3, -0.25) is 0 Å². The van der Waals surface area contributed by atoms with Crippen molar-refractivity contribution in [2.75, 3.05) is 0 Å². The van der Waals surface area contributed by atoms with E-state index in [9.17, 15) is 13.2 Å². The molecule has 2 N–H and O–H groups in total. The zero-order valence-corrected chi connectivity index (χ0v) is 13.3. The molecule has 22 heavy (non-hydrogen) atoms. The van der Waals surface area contributed by atoms with Crippen molar-refractivity contribution >= 4 is 27.6 Å². The number of hydrogen-bond acceptors (Lipinski definition) is 4. The zero-order chi connectivity index (χ0) is 16.3. The summed E-state index contributed by atoms with van der Waals surface area (Å²) in [6.45, 7) is 1.72. The molecule has 0 fully saturated rings. The van der Waals surface area contributed by atoms with Gasteiger partial charge in [0.1, 0.15) is 6.61 Å². The van der Waals surface area contributed by atoms with Crippen molar-refractivity contribution in [3.63, 3.8) is 0 Å². The summed E-state index contributed by atoms with van der Waals surface area (Å²) in [7, 11) is -3.87. The predicted octanol–water partition coefficient (Wildman–Crippen LogP) is 2.65. The van der Waals surface area contributed by atoms with E-state index >= 15 is 0 Å². The third-order valence-corrected chi connectivity index (χ3v) is 4.16. The fourth-order valence-corrected chi connectivity index (χ4v) is 2.60. The Morgan fingerprint density at radius 3 is 2.59 bits per heavy atom. The number of benzene rings is 2. The first-order valence-corrected chi connectivity index (χ1v) is 8.25. The molecule has 0 aliphatic carbocycles. The van der Waals surface area contributed by atoms with Crippen LogP contribution in [0.15, 0.2) is 47.4 Å². The molecular weight excluding hydrogens is 326 g/mol. The highest BCUT2D eigenvalue weighted by atomic mass is 35.5. The highest BCUT2D eigenvalue weighted by Gasteiger charge is 2.16. The van der Waals surface area contributed by atoms with Crippen LogP contribution in [0, 0.1) is 6.92 Å². The second-order valence-corrected chi connectivity index (χ2v) is 6.73. The number of carbonyl (C=O) groups is 1. The Balaban J connectivity index is 2.19. The second-order valence-electron chi connectivity index (χ2n) is 4.73. The highest BCUT2D eigenvalue weighted by molar-refractivity contribution is 7.89. The van der Waals surface area contributed by atoms with Crippen LogP contribution in [0.1, 0.15) is 21.5 Å². The first kappa shape index (κ1) is 16.5. The maximum Gasteiger partial charge on any atom is 0.338 e. The quantitative estimate of drug-likeness (QED) is 0.867. The molecule has 7 heteroatoms. The number of halogens is 1. The van der Waals surface area contributed by atoms with Crippen molar-refractivity contribution in [1.82, 2.24) is 0 Å². The summed E-state index contributed by atoms with van der Waals surface area (Å²) in [4.78, 5) is 12.0. The van der Waals surface area contributed by atoms with Crippen LogP contribution in [0.25, 0.3) is 0 Å². The molecule has 0 heterocycles. The van der Waals surface area contributed by atoms with E-state index < -0.39 is 16.0 Å². The minimum Gasteiger partial charge on any atom is -0.457 e. The lowest BCUT2D eigenvalue weighted by molar-refractivity contribution is 0.0471. The SMILES string of the molecule is Cc1ccc(S(N)(=O)=O)cc1C(=O)OCc1cccc(Cl)c1. The van der Waals surface area contributed by atoms with Crippen molar-refractivity contribution in [3.8, 4) is 0 Å². The van der Waals surface area contributed by atoms with E-state index in [-0.39, 0.29) is 17.1 Å². The molecule has 0 aliphatic heterocycles. The molecule has 0 saturated carbocycles. The second kappa shape index (κ2) is 6.48. The van der Waals surface area contributed by atoms with Crippen LogP contribution >= 0.6 is 11.6 Å². The van der Waals surface area contributed by atoms with E-state index in [1.807, 2.05) is 0 Å². The van der Waals surface area contributed by atoms with Crippen LogP contribution in [0.2, 0.25) is 5.02 Å². The van der Waals surface area contributed by atoms with Gasteiger partial charge in [0.15, 0.2) is 0 Å². The maximum absolute atomic E-state index is 12.1. The number of rotatable bonds is 4. The highest BCUT2D eigenvalue weighted by Crippen LogP contribution is 2.17. The average molecular weight is 340 g/mol. The Morgan fingerprint density at radius 2 is 1.95 bits per heavy atom. The lowest BCUT2D eigenvalue weighted by Gasteiger charge is -2.09. The van der Waals surface area contributed by atoms with Crippen molar-refractivity contribution in [2.24, 2.45) is 5.14 Å². The van der Waals surface area contributed by atoms with Crippen molar-refractivity contribution in [1.29, 1.82) is 0 Å². The van der Waals surface area contributed by atoms with Gasteiger partial charge in [0.25, 0.3) is 0 Å². The summed E-state index contributed by atoms with van der Waals surface area (Å²) in [5.41, 5.74) is 1.50. The molecule has 2 aromatic carbocycles. The molecule has 0 bridgehead atoms. The Labute approximate surface area is 133 Å². The van der Waals surface area contributed by atoms with Gasteiger partial charge in [-0.15, -0.1) is 0 Å². The van der Waals surface area contributed by atoms with Gasteiger partial charge in [-0.25, -0.2) is 18.4 Å². The van der Waals surface area contributed by atoms with Crippen LogP contribution in [0.5, 0.6) is 0 Å². The number of carbonyl (C=O) groups excluding carboxylic acids is 1. The van der Waals surface area contributed by atoms with Crippen LogP contribution in [-0.2, 0) is 21.4 Å². The van der Waals surface area contributed by atoms with E-state index in [4.69, 9.17) is 21.5 Å². The molecule has 5 nitrogen and oxygen atoms in total. The van der Waals surface area contributed by atoms with Gasteiger partial charge in [0.2, 0.25) is 10.0 Å². The monoisotopic (exact) mass is 339 g/mol. The molecule has 0 amide bonds. The first-order chi connectivity index (χ1) is 10.3. The van der Waals surface area contributed by atoms with Gasteiger partial charge in [-0.1, -0.05) is 29.8 Å². The van der Waals surface area contributed by atoms with Crippen LogP contribution in [-0.4, -0.2) is 14.4 Å². The van der Waals surface area contributed by atoms with Gasteiger partial charge in [-0.2, -0.15) is 0 Å². The lowest BCUT2D eigenvalue weighted by atomic mass is 10.1. The third kappa shape index (κ3) is 4.07. The molecule has 0 saturated heterocycles. The Hall–Kier alpha value is -1.89. The maximum atomic E-state index is 12.1. The summed E-state index contributed by atoms with van der Waals surface area (Å²) in [6, 6.07) is 11.0. The lowest BCUT2D eigenvalue weighted by Crippen LogP contribution is -2.14. The fourth-order valence-electron chi connectivity index (χ4n) is 1.85. The number of esters is 1. The zero-order valence-electron chi connectivity index (χ0n) is 11.7. The molecule has 0 spiro atoms. The van der Waals surface area contributed by atoms with Gasteiger partial charge in [0, 0.05) is 5.02 Å². The summed E-state index contributed by atoms with van der Waals surface area (Å²) in [5, 5.41) is 5.61. The summed E-state index contributed by atoms with van der Waals surface area (Å²) in [5.74, 6) is -0.622. The van der Waals surface area contributed by atoms with Crippen molar-refractivity contribution in [2.45, 2.75) is 18.4 Å². The van der Waals surface area contributed by atoms with Crippen LogP contribution < -0.4 is 5.14 Å². The third-order valence-electron chi connectivity index (χ3n) is 3.02. The number of aryl methyl sites for hydroxylation is 1. The van der Waals surface area contributed by atoms with E-state index in [1.165, 1.54) is 18.2 Å². The molecule has 0 aromatic heterocycles. The molecule has 116 valence electrons. The number of ether oxygens (including phenoxy) is 1. The first-order valence-electron chi connectivity index (χ1n) is 6.32. The van der Waals surface area contributed by atoms with Gasteiger partial charge in [-0.05, 0) is 42.3 Å². The van der Waals surface area contributed by atoms with Gasteiger partial charge < -0.3 is 4.74 Å². The van der Waals surface area contributed by atoms with E-state index in [1.54, 1.807) is 31.2 Å². The summed E-state index contributed by atoms with van der Waals surface area (Å²) >= 11 is 5.85. The molecule has 0 unspecified atom stereocenters. The summed E-state index contributed by atoms with van der Waals surface area (Å²) in [6.07, 6.45) is 0. The Morgan fingerprint density at radius 1 is 1.23 bits per heavy atom. The average Bonchev–Trinajstić information content (AvgIpc) is 2.44.